The number of benzene rings is 1. The first-order chi connectivity index (χ1) is 10.4. The van der Waals surface area contributed by atoms with Gasteiger partial charge in [-0.25, -0.2) is 8.42 Å². The van der Waals surface area contributed by atoms with E-state index < -0.39 is 10.0 Å². The van der Waals surface area contributed by atoms with Gasteiger partial charge in [-0.05, 0) is 31.0 Å². The molecule has 0 spiro atoms. The molecule has 1 fully saturated rings. The second kappa shape index (κ2) is 8.63. The fraction of sp³-hybridized carbons (Fsp3) is 0.533. The summed E-state index contributed by atoms with van der Waals surface area (Å²) >= 11 is 0. The van der Waals surface area contributed by atoms with Crippen molar-refractivity contribution in [3.8, 4) is 0 Å². The van der Waals surface area contributed by atoms with Crippen molar-refractivity contribution in [2.75, 3.05) is 26.7 Å². The molecule has 2 unspecified atom stereocenters. The summed E-state index contributed by atoms with van der Waals surface area (Å²) in [5.74, 6) is 0.115. The molecule has 6 nitrogen and oxygen atoms in total. The van der Waals surface area contributed by atoms with E-state index in [1.165, 1.54) is 19.2 Å². The Morgan fingerprint density at radius 1 is 1.35 bits per heavy atom. The molecule has 0 aromatic heterocycles. The second-order valence-electron chi connectivity index (χ2n) is 5.72. The van der Waals surface area contributed by atoms with Gasteiger partial charge in [-0.1, -0.05) is 25.1 Å². The maximum Gasteiger partial charge on any atom is 0.243 e. The number of sulfonamides is 1. The molecule has 0 bridgehead atoms. The molecule has 1 heterocycles. The van der Waals surface area contributed by atoms with Crippen LogP contribution in [0.4, 0.5) is 0 Å². The summed E-state index contributed by atoms with van der Waals surface area (Å²) in [4.78, 5) is 12.3. The summed E-state index contributed by atoms with van der Waals surface area (Å²) in [6.07, 6.45) is 1.00. The summed E-state index contributed by atoms with van der Waals surface area (Å²) in [7, 11) is -2.21. The zero-order valence-electron chi connectivity index (χ0n) is 13.4. The van der Waals surface area contributed by atoms with Gasteiger partial charge in [0.1, 0.15) is 0 Å². The molecule has 0 saturated carbocycles. The molecule has 2 N–H and O–H groups in total. The largest absolute Gasteiger partial charge is 0.351 e. The standard InChI is InChI=1S/C15H23N3O3S.ClH/c1-12-8-9-16-10-14(12)17-15(19)11-18(2)22(20,21)13-6-4-3-5-7-13;/h3-7,12,14,16H,8-11H2,1-2H3,(H,17,19);1H. The molecule has 0 radical (unpaired) electrons. The van der Waals surface area contributed by atoms with Crippen LogP contribution in [0.25, 0.3) is 0 Å². The molecule has 1 saturated heterocycles. The lowest BCUT2D eigenvalue weighted by Gasteiger charge is -2.30. The zero-order valence-corrected chi connectivity index (χ0v) is 15.0. The first-order valence-corrected chi connectivity index (χ1v) is 8.86. The smallest absolute Gasteiger partial charge is 0.243 e. The van der Waals surface area contributed by atoms with Crippen LogP contribution in [0, 0.1) is 5.92 Å². The zero-order chi connectivity index (χ0) is 16.2. The van der Waals surface area contributed by atoms with Crippen LogP contribution in [-0.2, 0) is 14.8 Å². The van der Waals surface area contributed by atoms with Crippen molar-refractivity contribution in [2.24, 2.45) is 5.92 Å². The Labute approximate surface area is 144 Å². The molecule has 1 aliphatic rings. The fourth-order valence-electron chi connectivity index (χ4n) is 2.50. The van der Waals surface area contributed by atoms with Gasteiger partial charge in [0, 0.05) is 19.6 Å². The van der Waals surface area contributed by atoms with Gasteiger partial charge in [-0.3, -0.25) is 4.79 Å². The normalized spacial score (nSPS) is 21.5. The average Bonchev–Trinajstić information content (AvgIpc) is 2.50. The minimum Gasteiger partial charge on any atom is -0.351 e. The topological polar surface area (TPSA) is 78.5 Å². The molecule has 2 atom stereocenters. The lowest BCUT2D eigenvalue weighted by Crippen LogP contribution is -2.52. The number of likely N-dealkylation sites (N-methyl/N-ethyl adjacent to an activating group) is 1. The van der Waals surface area contributed by atoms with E-state index in [0.29, 0.717) is 5.92 Å². The summed E-state index contributed by atoms with van der Waals surface area (Å²) in [6.45, 7) is 3.59. The Balaban J connectivity index is 0.00000264. The number of hydrogen-bond donors (Lipinski definition) is 2. The van der Waals surface area contributed by atoms with E-state index in [0.717, 1.165) is 23.8 Å². The first kappa shape index (κ1) is 19.9. The lowest BCUT2D eigenvalue weighted by molar-refractivity contribution is -0.122. The molecule has 2 rings (SSSR count). The van der Waals surface area contributed by atoms with Gasteiger partial charge in [0.25, 0.3) is 0 Å². The van der Waals surface area contributed by atoms with Gasteiger partial charge in [0.2, 0.25) is 15.9 Å². The van der Waals surface area contributed by atoms with Crippen LogP contribution in [0.5, 0.6) is 0 Å². The van der Waals surface area contributed by atoms with Gasteiger partial charge >= 0.3 is 0 Å². The maximum atomic E-state index is 12.4. The van der Waals surface area contributed by atoms with E-state index in [4.69, 9.17) is 0 Å². The third-order valence-corrected chi connectivity index (χ3v) is 5.81. The highest BCUT2D eigenvalue weighted by atomic mass is 35.5. The third-order valence-electron chi connectivity index (χ3n) is 3.99. The van der Waals surface area contributed by atoms with Crippen LogP contribution in [0.1, 0.15) is 13.3 Å². The first-order valence-electron chi connectivity index (χ1n) is 7.42. The number of halogens is 1. The number of carbonyl (C=O) groups excluding carboxylic acids is 1. The summed E-state index contributed by atoms with van der Waals surface area (Å²) in [6, 6.07) is 8.18. The van der Waals surface area contributed by atoms with Crippen LogP contribution in [0.3, 0.4) is 0 Å². The molecule has 130 valence electrons. The van der Waals surface area contributed by atoms with E-state index in [9.17, 15) is 13.2 Å². The van der Waals surface area contributed by atoms with Crippen LogP contribution >= 0.6 is 12.4 Å². The highest BCUT2D eigenvalue weighted by molar-refractivity contribution is 7.89. The van der Waals surface area contributed by atoms with E-state index in [1.54, 1.807) is 18.2 Å². The second-order valence-corrected chi connectivity index (χ2v) is 7.76. The van der Waals surface area contributed by atoms with E-state index in [2.05, 4.69) is 17.6 Å². The van der Waals surface area contributed by atoms with Crippen LogP contribution < -0.4 is 10.6 Å². The molecule has 8 heteroatoms. The summed E-state index contributed by atoms with van der Waals surface area (Å²) < 4.78 is 25.8. The van der Waals surface area contributed by atoms with Gasteiger partial charge in [0.15, 0.2) is 0 Å². The van der Waals surface area contributed by atoms with E-state index in [1.807, 2.05) is 0 Å². The summed E-state index contributed by atoms with van der Waals surface area (Å²) in [5, 5.41) is 6.15. The Bertz CT molecular complexity index is 610. The highest BCUT2D eigenvalue weighted by Gasteiger charge is 2.26. The molecule has 1 amide bonds. The Hall–Kier alpha value is -1.15. The minimum atomic E-state index is -3.63. The van der Waals surface area contributed by atoms with E-state index in [-0.39, 0.29) is 35.8 Å². The predicted molar refractivity (Wildman–Crippen MR) is 92.1 cm³/mol. The lowest BCUT2D eigenvalue weighted by atomic mass is 9.95. The number of nitrogens with zero attached hydrogens (tertiary/aromatic N) is 1. The van der Waals surface area contributed by atoms with Gasteiger partial charge in [-0.15, -0.1) is 12.4 Å². The number of rotatable bonds is 5. The number of nitrogens with one attached hydrogen (secondary N) is 2. The third kappa shape index (κ3) is 5.17. The SMILES string of the molecule is CC1CCNCC1NC(=O)CN(C)S(=O)(=O)c1ccccc1.Cl. The number of piperidine rings is 1. The number of carbonyl (C=O) groups is 1. The average molecular weight is 362 g/mol. The molecule has 23 heavy (non-hydrogen) atoms. The summed E-state index contributed by atoms with van der Waals surface area (Å²) in [5.41, 5.74) is 0. The quantitative estimate of drug-likeness (QED) is 0.814. The molecular weight excluding hydrogens is 338 g/mol. The Morgan fingerprint density at radius 2 is 2.00 bits per heavy atom. The van der Waals surface area contributed by atoms with Gasteiger partial charge in [0.05, 0.1) is 11.4 Å². The van der Waals surface area contributed by atoms with Crippen LogP contribution in [0.2, 0.25) is 0 Å². The molecule has 0 aliphatic carbocycles. The van der Waals surface area contributed by atoms with Crippen molar-refractivity contribution >= 4 is 28.3 Å². The predicted octanol–water partition coefficient (Wildman–Crippen LogP) is 0.843. The molecule has 1 aliphatic heterocycles. The van der Waals surface area contributed by atoms with Gasteiger partial charge < -0.3 is 10.6 Å². The Morgan fingerprint density at radius 3 is 2.61 bits per heavy atom. The minimum absolute atomic E-state index is 0. The Kier molecular flexibility index (Phi) is 7.47. The highest BCUT2D eigenvalue weighted by Crippen LogP contribution is 2.14. The van der Waals surface area contributed by atoms with Crippen LogP contribution in [-0.4, -0.2) is 51.4 Å². The maximum absolute atomic E-state index is 12.4. The number of amides is 1. The van der Waals surface area contributed by atoms with Gasteiger partial charge in [-0.2, -0.15) is 4.31 Å². The number of hydrogen-bond acceptors (Lipinski definition) is 4. The van der Waals surface area contributed by atoms with Crippen molar-refractivity contribution in [2.45, 2.75) is 24.3 Å². The van der Waals surface area contributed by atoms with Crippen molar-refractivity contribution in [3.63, 3.8) is 0 Å². The van der Waals surface area contributed by atoms with Crippen molar-refractivity contribution in [3.05, 3.63) is 30.3 Å². The molecule has 1 aromatic rings. The fourth-order valence-corrected chi connectivity index (χ4v) is 3.64. The van der Waals surface area contributed by atoms with Crippen LogP contribution in [0.15, 0.2) is 35.2 Å². The van der Waals surface area contributed by atoms with E-state index >= 15 is 0 Å². The van der Waals surface area contributed by atoms with Crippen molar-refractivity contribution in [1.82, 2.24) is 14.9 Å². The monoisotopic (exact) mass is 361 g/mol. The molecule has 1 aromatic carbocycles. The van der Waals surface area contributed by atoms with Crippen molar-refractivity contribution < 1.29 is 13.2 Å². The molecular formula is C15H24ClN3O3S. The van der Waals surface area contributed by atoms with Crippen molar-refractivity contribution in [1.29, 1.82) is 0 Å².